The van der Waals surface area contributed by atoms with Crippen LogP contribution >= 0.6 is 47.2 Å². The molecule has 4 aromatic carbocycles. The number of hydrogen-bond donors (Lipinski definition) is 6. The van der Waals surface area contributed by atoms with E-state index >= 15 is 0 Å². The summed E-state index contributed by atoms with van der Waals surface area (Å²) in [6.07, 6.45) is 20.7. The van der Waals surface area contributed by atoms with E-state index in [-0.39, 0.29) is 42.0 Å². The number of carbonyl (C=O) groups is 4. The number of nitrogen functional groups attached to an aromatic ring is 1. The Morgan fingerprint density at radius 2 is 1.09 bits per heavy atom. The minimum atomic E-state index is -0.509. The lowest BCUT2D eigenvalue weighted by atomic mass is 9.82. The van der Waals surface area contributed by atoms with Crippen molar-refractivity contribution in [3.05, 3.63) is 168 Å². The quantitative estimate of drug-likeness (QED) is 0.0244. The standard InChI is InChI=1S/C29H28ClN5O2.C26H26ClN5O.C4H8O.C3H3ClO.ClH/c1-2-27(37)33-21-7-5-6-19(15-21)26(36)14-18-10-12-20(13-11-18)34-29-32-17-24(30)28(35-29)23-16-31-25-9-4-3-8-22(23)25;27-22-15-30-26(32-25(22)21-14-29-23-7-2-1-6-20(21)23)31-19-10-8-16(9-11-19)12-24(33)17-4-3-5-18(28)13-17;1-2-4-5-3-1;1-2-3(4)5;/h2-9,15-18,20,31H,1,10-14H2,(H,33,37)(H,32,34,35);1-7,13-16,19,29H,8-12,28H2,(H,30,31,32);1-4H2;2H,1H2;1H. The Balaban J connectivity index is 0.000000198. The third kappa shape index (κ3) is 17.5. The van der Waals surface area contributed by atoms with Crippen molar-refractivity contribution in [2.24, 2.45) is 11.8 Å². The molecule has 1 saturated heterocycles. The van der Waals surface area contributed by atoms with Crippen LogP contribution in [-0.4, -0.2) is 77.9 Å². The number of H-pyrrole nitrogens is 2. The molecule has 1 amide bonds. The predicted octanol–water partition coefficient (Wildman–Crippen LogP) is 14.9. The van der Waals surface area contributed by atoms with E-state index in [1.54, 1.807) is 48.8 Å². The van der Waals surface area contributed by atoms with Gasteiger partial charge in [0.25, 0.3) is 0 Å². The van der Waals surface area contributed by atoms with E-state index in [4.69, 9.17) is 55.2 Å². The highest BCUT2D eigenvalue weighted by Crippen LogP contribution is 2.36. The Labute approximate surface area is 492 Å². The van der Waals surface area contributed by atoms with Crippen molar-refractivity contribution in [3.8, 4) is 22.5 Å². The molecule has 0 radical (unpaired) electrons. The van der Waals surface area contributed by atoms with Gasteiger partial charge in [-0.05, 0) is 136 Å². The second kappa shape index (κ2) is 30.4. The average molecular weight is 1170 g/mol. The lowest BCUT2D eigenvalue weighted by Gasteiger charge is -2.29. The number of rotatable bonds is 15. The third-order valence-corrected chi connectivity index (χ3v) is 15.0. The van der Waals surface area contributed by atoms with E-state index in [2.05, 4.69) is 55.1 Å². The first-order valence-corrected chi connectivity index (χ1v) is 28.0. The van der Waals surface area contributed by atoms with Gasteiger partial charge in [-0.15, -0.1) is 12.4 Å². The van der Waals surface area contributed by atoms with Crippen LogP contribution in [0, 0.1) is 11.8 Å². The number of aromatic amines is 2. The number of anilines is 4. The molecule has 15 nitrogen and oxygen atoms in total. The number of benzene rings is 4. The number of hydrogen-bond acceptors (Lipinski definition) is 12. The molecule has 19 heteroatoms. The zero-order chi connectivity index (χ0) is 56.4. The molecule has 11 rings (SSSR count). The van der Waals surface area contributed by atoms with Gasteiger partial charge in [-0.3, -0.25) is 19.2 Å². The molecule has 2 saturated carbocycles. The number of para-hydroxylation sites is 2. The minimum Gasteiger partial charge on any atom is -0.399 e. The lowest BCUT2D eigenvalue weighted by Crippen LogP contribution is -2.28. The normalized spacial score (nSPS) is 17.3. The molecule has 3 aliphatic rings. The zero-order valence-electron chi connectivity index (χ0n) is 44.8. The van der Waals surface area contributed by atoms with Gasteiger partial charge >= 0.3 is 0 Å². The third-order valence-electron chi connectivity index (χ3n) is 14.3. The molecule has 2 aliphatic carbocycles. The monoisotopic (exact) mass is 1170 g/mol. The maximum absolute atomic E-state index is 12.9. The van der Waals surface area contributed by atoms with E-state index in [0.29, 0.717) is 80.5 Å². The molecule has 1 aliphatic heterocycles. The molecule has 5 heterocycles. The molecule has 0 bridgehead atoms. The molecule has 81 heavy (non-hydrogen) atoms. The van der Waals surface area contributed by atoms with Gasteiger partial charge in [-0.25, -0.2) is 19.9 Å². The van der Waals surface area contributed by atoms with E-state index < -0.39 is 5.24 Å². The number of fused-ring (bicyclic) bond motifs is 2. The number of carbonyl (C=O) groups excluding carboxylic acids is 4. The molecule has 7 N–H and O–H groups in total. The van der Waals surface area contributed by atoms with Gasteiger partial charge in [0.15, 0.2) is 11.6 Å². The van der Waals surface area contributed by atoms with Crippen LogP contribution in [0.3, 0.4) is 0 Å². The molecule has 4 aromatic heterocycles. The number of halogens is 4. The minimum absolute atomic E-state index is 0. The molecule has 3 fully saturated rings. The van der Waals surface area contributed by atoms with Crippen LogP contribution in [0.2, 0.25) is 10.0 Å². The highest BCUT2D eigenvalue weighted by molar-refractivity contribution is 6.66. The lowest BCUT2D eigenvalue weighted by molar-refractivity contribution is -0.112. The van der Waals surface area contributed by atoms with E-state index in [1.165, 1.54) is 18.9 Å². The molecule has 0 spiro atoms. The number of Topliss-reactive ketones (excluding diaryl/α,β-unsaturated/α-hetero) is 2. The van der Waals surface area contributed by atoms with Crippen LogP contribution in [0.5, 0.6) is 0 Å². The van der Waals surface area contributed by atoms with Gasteiger partial charge in [-0.2, -0.15) is 0 Å². The number of aromatic nitrogens is 6. The van der Waals surface area contributed by atoms with Crippen LogP contribution in [0.25, 0.3) is 44.3 Å². The summed E-state index contributed by atoms with van der Waals surface area (Å²) in [4.78, 5) is 71.3. The maximum atomic E-state index is 12.9. The summed E-state index contributed by atoms with van der Waals surface area (Å²) in [5, 5.41) is 12.3. The summed E-state index contributed by atoms with van der Waals surface area (Å²) in [6, 6.07) is 30.9. The summed E-state index contributed by atoms with van der Waals surface area (Å²) in [5.74, 6) is 1.82. The average Bonchev–Trinajstić information content (AvgIpc) is 4.34. The van der Waals surface area contributed by atoms with Crippen molar-refractivity contribution >= 4 is 115 Å². The maximum Gasteiger partial charge on any atom is 0.247 e. The van der Waals surface area contributed by atoms with Crippen molar-refractivity contribution in [2.75, 3.05) is 34.9 Å². The van der Waals surface area contributed by atoms with Gasteiger partial charge in [0.05, 0.1) is 33.8 Å². The zero-order valence-corrected chi connectivity index (χ0v) is 47.9. The van der Waals surface area contributed by atoms with Crippen molar-refractivity contribution in [2.45, 2.75) is 89.1 Å². The van der Waals surface area contributed by atoms with E-state index in [0.717, 1.165) is 104 Å². The Hall–Kier alpha value is -7.40. The predicted molar refractivity (Wildman–Crippen MR) is 330 cm³/mol. The summed E-state index contributed by atoms with van der Waals surface area (Å²) >= 11 is 17.6. The van der Waals surface area contributed by atoms with E-state index in [1.807, 2.05) is 67.0 Å². The summed E-state index contributed by atoms with van der Waals surface area (Å²) in [7, 11) is 0. The van der Waals surface area contributed by atoms with Crippen LogP contribution < -0.4 is 21.7 Å². The summed E-state index contributed by atoms with van der Waals surface area (Å²) in [5.41, 5.74) is 13.8. The fourth-order valence-corrected chi connectivity index (χ4v) is 10.5. The molecule has 0 unspecified atom stereocenters. The molecule has 0 atom stereocenters. The summed E-state index contributed by atoms with van der Waals surface area (Å²) in [6.45, 7) is 8.53. The number of allylic oxidation sites excluding steroid dienone is 1. The second-order valence-corrected chi connectivity index (χ2v) is 21.2. The van der Waals surface area contributed by atoms with Gasteiger partial charge < -0.3 is 36.4 Å². The number of nitrogens with zero attached hydrogens (tertiary/aromatic N) is 4. The van der Waals surface area contributed by atoms with Gasteiger partial charge in [0, 0.05) is 106 Å². The van der Waals surface area contributed by atoms with E-state index in [9.17, 15) is 19.2 Å². The van der Waals surface area contributed by atoms with Crippen molar-refractivity contribution in [1.29, 1.82) is 0 Å². The summed E-state index contributed by atoms with van der Waals surface area (Å²) < 4.78 is 4.94. The van der Waals surface area contributed by atoms with Crippen LogP contribution in [0.4, 0.5) is 23.3 Å². The molecule has 422 valence electrons. The first-order valence-electron chi connectivity index (χ1n) is 26.9. The van der Waals surface area contributed by atoms with Gasteiger partial charge in [0.2, 0.25) is 23.0 Å². The topological polar surface area (TPSA) is 223 Å². The fraction of sp³-hybridized carbons (Fsp3) is 0.290. The van der Waals surface area contributed by atoms with Crippen molar-refractivity contribution < 1.29 is 23.9 Å². The molecular weight excluding hydrogens is 1110 g/mol. The fourth-order valence-electron chi connectivity index (χ4n) is 10.1. The van der Waals surface area contributed by atoms with Crippen LogP contribution in [0.1, 0.15) is 97.8 Å². The number of nitrogens with one attached hydrogen (secondary N) is 5. The molecular formula is C62H66Cl4N10O5. The van der Waals surface area contributed by atoms with Crippen molar-refractivity contribution in [1.82, 2.24) is 29.9 Å². The van der Waals surface area contributed by atoms with Crippen molar-refractivity contribution in [3.63, 3.8) is 0 Å². The first-order chi connectivity index (χ1) is 38.8. The number of ether oxygens (including phenoxy) is 1. The second-order valence-electron chi connectivity index (χ2n) is 20.0. The van der Waals surface area contributed by atoms with Crippen LogP contribution in [0.15, 0.2) is 147 Å². The van der Waals surface area contributed by atoms with Crippen LogP contribution in [-0.2, 0) is 14.3 Å². The Morgan fingerprint density at radius 1 is 0.630 bits per heavy atom. The van der Waals surface area contributed by atoms with Gasteiger partial charge in [-0.1, -0.05) is 97.0 Å². The van der Waals surface area contributed by atoms with Gasteiger partial charge in [0.1, 0.15) is 0 Å². The highest BCUT2D eigenvalue weighted by Gasteiger charge is 2.27. The smallest absolute Gasteiger partial charge is 0.247 e. The number of ketones is 2. The molecule has 8 aromatic rings. The first kappa shape index (κ1) is 61.2. The highest BCUT2D eigenvalue weighted by atomic mass is 35.5. The Kier molecular flexibility index (Phi) is 23.0. The SMILES string of the molecule is C1CCOC1.C=CC(=O)Cl.C=CC(=O)Nc1cccc(C(=O)CC2CCC(Nc3ncc(Cl)c(-c4c[nH]c5ccccc45)n3)CC2)c1.Cl.Nc1cccc(C(=O)CC2CCC(Nc3ncc(Cl)c(-c4c[nH]c5ccccc45)n3)CC2)c1. The largest absolute Gasteiger partial charge is 0.399 e. The number of nitrogens with two attached hydrogens (primary N) is 1. The Bertz CT molecular complexity index is 3430. The number of amides is 1. The Morgan fingerprint density at radius 3 is 1.52 bits per heavy atom.